The molecule has 1 atom stereocenters. The van der Waals surface area contributed by atoms with Crippen molar-refractivity contribution in [2.75, 3.05) is 26.6 Å². The molecular weight excluding hydrogens is 546 g/mol. The first kappa shape index (κ1) is 30.1. The van der Waals surface area contributed by atoms with E-state index in [1.807, 2.05) is 45.0 Å². The molecule has 1 fully saturated rings. The first-order valence-corrected chi connectivity index (χ1v) is 14.8. The van der Waals surface area contributed by atoms with Crippen LogP contribution in [0, 0.1) is 5.92 Å². The number of pyridine rings is 3. The Morgan fingerprint density at radius 2 is 1.72 bits per heavy atom. The maximum absolute atomic E-state index is 12.6. The molecule has 0 radical (unpaired) electrons. The van der Waals surface area contributed by atoms with Gasteiger partial charge in [0.25, 0.3) is 0 Å². The average Bonchev–Trinajstić information content (AvgIpc) is 2.98. The summed E-state index contributed by atoms with van der Waals surface area (Å²) in [6.07, 6.45) is 11.6. The van der Waals surface area contributed by atoms with Crippen molar-refractivity contribution in [1.29, 1.82) is 0 Å². The van der Waals surface area contributed by atoms with Crippen molar-refractivity contribution in [3.8, 4) is 28.5 Å². The molecule has 3 aromatic heterocycles. The molecule has 0 aliphatic heterocycles. The highest BCUT2D eigenvalue weighted by Crippen LogP contribution is 2.37. The topological polar surface area (TPSA) is 131 Å². The number of anilines is 1. The van der Waals surface area contributed by atoms with Crippen molar-refractivity contribution >= 4 is 33.6 Å². The Hall–Kier alpha value is -4.34. The van der Waals surface area contributed by atoms with Crippen molar-refractivity contribution in [3.63, 3.8) is 0 Å². The average molecular weight is 588 g/mol. The fraction of sp³-hybridized carbons (Fsp3) is 0.455. The molecule has 43 heavy (non-hydrogen) atoms. The van der Waals surface area contributed by atoms with Crippen LogP contribution < -0.4 is 25.3 Å². The first-order chi connectivity index (χ1) is 20.6. The van der Waals surface area contributed by atoms with Gasteiger partial charge < -0.3 is 30.0 Å². The van der Waals surface area contributed by atoms with Gasteiger partial charge in [-0.1, -0.05) is 32.1 Å². The largest absolute Gasteiger partial charge is 0.493 e. The summed E-state index contributed by atoms with van der Waals surface area (Å²) in [4.78, 5) is 26.3. The number of ether oxygens (including phenoxy) is 4. The molecule has 1 aliphatic rings. The Kier molecular flexibility index (Phi) is 9.03. The maximum Gasteiger partial charge on any atom is 0.407 e. The van der Waals surface area contributed by atoms with Gasteiger partial charge in [0.05, 0.1) is 37.7 Å². The highest BCUT2D eigenvalue weighted by molar-refractivity contribution is 6.10. The number of carbonyl (C=O) groups excluding carboxylic acids is 1. The number of benzene rings is 1. The van der Waals surface area contributed by atoms with E-state index in [0.717, 1.165) is 33.7 Å². The third-order valence-corrected chi connectivity index (χ3v) is 7.74. The molecule has 228 valence electrons. The summed E-state index contributed by atoms with van der Waals surface area (Å²) in [7, 11) is 3.20. The number of carbonyl (C=O) groups is 1. The fourth-order valence-electron chi connectivity index (χ4n) is 5.71. The lowest BCUT2D eigenvalue weighted by Crippen LogP contribution is -2.43. The molecule has 3 heterocycles. The Balaban J connectivity index is 1.40. The third kappa shape index (κ3) is 7.36. The van der Waals surface area contributed by atoms with Crippen LogP contribution in [0.25, 0.3) is 32.9 Å². The monoisotopic (exact) mass is 587 g/mol. The standard InChI is InChI=1S/C33H41N5O5/c1-33(2,3)43-32(39)37-22(11-20-9-7-6-8-10-20)19-42-23-12-21(16-35-17-23)27-13-24-25-14-29(40-4)30(41-5)15-28(25)36-18-26(24)31(34)38-27/h12-18,20,22H,6-11,19H2,1-5H3,(H2,34,38)(H,37,39)/t22-/m0/s1. The van der Waals surface area contributed by atoms with E-state index >= 15 is 0 Å². The molecule has 0 saturated heterocycles. The molecule has 1 aromatic carbocycles. The van der Waals surface area contributed by atoms with Crippen LogP contribution in [-0.2, 0) is 4.74 Å². The zero-order chi connectivity index (χ0) is 30.6. The van der Waals surface area contributed by atoms with E-state index in [-0.39, 0.29) is 6.04 Å². The Bertz CT molecular complexity index is 1600. The smallest absolute Gasteiger partial charge is 0.407 e. The van der Waals surface area contributed by atoms with Crippen LogP contribution in [0.1, 0.15) is 59.3 Å². The number of nitrogens with one attached hydrogen (secondary N) is 1. The lowest BCUT2D eigenvalue weighted by molar-refractivity contribution is 0.0475. The molecule has 10 nitrogen and oxygen atoms in total. The van der Waals surface area contributed by atoms with E-state index in [4.69, 9.17) is 24.7 Å². The van der Waals surface area contributed by atoms with Crippen LogP contribution in [-0.4, -0.2) is 53.5 Å². The second kappa shape index (κ2) is 12.9. The first-order valence-electron chi connectivity index (χ1n) is 14.8. The number of methoxy groups -OCH3 is 2. The molecule has 5 rings (SSSR count). The Morgan fingerprint density at radius 3 is 2.44 bits per heavy atom. The van der Waals surface area contributed by atoms with Gasteiger partial charge in [-0.2, -0.15) is 0 Å². The lowest BCUT2D eigenvalue weighted by atomic mass is 9.85. The van der Waals surface area contributed by atoms with Crippen LogP contribution in [0.15, 0.2) is 42.9 Å². The number of nitrogens with two attached hydrogens (primary N) is 1. The van der Waals surface area contributed by atoms with Crippen molar-refractivity contribution < 1.29 is 23.7 Å². The summed E-state index contributed by atoms with van der Waals surface area (Å²) < 4.78 is 22.7. The second-order valence-electron chi connectivity index (χ2n) is 12.1. The van der Waals surface area contributed by atoms with Gasteiger partial charge in [0.1, 0.15) is 23.8 Å². The third-order valence-electron chi connectivity index (χ3n) is 7.74. The van der Waals surface area contributed by atoms with Crippen LogP contribution in [0.4, 0.5) is 10.6 Å². The normalized spacial score (nSPS) is 14.8. The minimum absolute atomic E-state index is 0.193. The summed E-state index contributed by atoms with van der Waals surface area (Å²) in [5.74, 6) is 2.68. The SMILES string of the molecule is COc1cc2ncc3c(N)nc(-c4cncc(OC[C@H](CC5CCCCC5)NC(=O)OC(C)(C)C)c4)cc3c2cc1OC. The zero-order valence-electron chi connectivity index (χ0n) is 25.6. The molecule has 0 unspecified atom stereocenters. The van der Waals surface area contributed by atoms with Crippen LogP contribution >= 0.6 is 0 Å². The Labute approximate surface area is 252 Å². The van der Waals surface area contributed by atoms with Gasteiger partial charge in [0.15, 0.2) is 11.5 Å². The quantitative estimate of drug-likeness (QED) is 0.206. The van der Waals surface area contributed by atoms with Gasteiger partial charge in [-0.25, -0.2) is 9.78 Å². The number of nitrogens with zero attached hydrogens (tertiary/aromatic N) is 3. The number of hydrogen-bond acceptors (Lipinski definition) is 9. The van der Waals surface area contributed by atoms with Gasteiger partial charge in [-0.15, -0.1) is 0 Å². The molecule has 4 aromatic rings. The number of amides is 1. The van der Waals surface area contributed by atoms with Crippen LogP contribution in [0.5, 0.6) is 17.2 Å². The van der Waals surface area contributed by atoms with E-state index in [2.05, 4.69) is 20.3 Å². The highest BCUT2D eigenvalue weighted by atomic mass is 16.6. The number of alkyl carbamates (subject to hydrolysis) is 1. The number of rotatable bonds is 9. The van der Waals surface area contributed by atoms with Crippen molar-refractivity contribution in [2.24, 2.45) is 5.92 Å². The number of hydrogen-bond donors (Lipinski definition) is 2. The van der Waals surface area contributed by atoms with E-state index in [1.165, 1.54) is 32.1 Å². The summed E-state index contributed by atoms with van der Waals surface area (Å²) in [6, 6.07) is 7.41. The Morgan fingerprint density at radius 1 is 0.977 bits per heavy atom. The molecule has 1 aliphatic carbocycles. The maximum atomic E-state index is 12.6. The van der Waals surface area contributed by atoms with Crippen molar-refractivity contribution in [3.05, 3.63) is 42.9 Å². The van der Waals surface area contributed by atoms with Gasteiger partial charge in [-0.3, -0.25) is 9.97 Å². The van der Waals surface area contributed by atoms with Crippen molar-refractivity contribution in [2.45, 2.75) is 70.9 Å². The highest BCUT2D eigenvalue weighted by Gasteiger charge is 2.24. The molecule has 0 bridgehead atoms. The van der Waals surface area contributed by atoms with E-state index < -0.39 is 11.7 Å². The number of fused-ring (bicyclic) bond motifs is 3. The molecular formula is C33H41N5O5. The summed E-state index contributed by atoms with van der Waals surface area (Å²) in [6.45, 7) is 5.87. The predicted molar refractivity (Wildman–Crippen MR) is 168 cm³/mol. The summed E-state index contributed by atoms with van der Waals surface area (Å²) in [5.41, 5.74) is 7.99. The van der Waals surface area contributed by atoms with E-state index in [9.17, 15) is 4.79 Å². The van der Waals surface area contributed by atoms with Gasteiger partial charge in [-0.05, 0) is 56.7 Å². The van der Waals surface area contributed by atoms with Gasteiger partial charge in [0, 0.05) is 34.8 Å². The predicted octanol–water partition coefficient (Wildman–Crippen LogP) is 6.69. The molecule has 1 amide bonds. The zero-order valence-corrected chi connectivity index (χ0v) is 25.6. The van der Waals surface area contributed by atoms with Gasteiger partial charge in [0.2, 0.25) is 0 Å². The minimum atomic E-state index is -0.578. The summed E-state index contributed by atoms with van der Waals surface area (Å²) in [5, 5.41) is 5.53. The van der Waals surface area contributed by atoms with E-state index in [0.29, 0.717) is 41.3 Å². The minimum Gasteiger partial charge on any atom is -0.493 e. The van der Waals surface area contributed by atoms with Crippen LogP contribution in [0.2, 0.25) is 0 Å². The van der Waals surface area contributed by atoms with Gasteiger partial charge >= 0.3 is 6.09 Å². The number of nitrogen functional groups attached to an aromatic ring is 1. The van der Waals surface area contributed by atoms with E-state index in [1.54, 1.807) is 32.8 Å². The molecule has 10 heteroatoms. The summed E-state index contributed by atoms with van der Waals surface area (Å²) >= 11 is 0. The number of aromatic nitrogens is 3. The lowest BCUT2D eigenvalue weighted by Gasteiger charge is -2.28. The fourth-order valence-corrected chi connectivity index (χ4v) is 5.71. The molecule has 0 spiro atoms. The second-order valence-corrected chi connectivity index (χ2v) is 12.1. The van der Waals surface area contributed by atoms with Crippen molar-refractivity contribution in [1.82, 2.24) is 20.3 Å². The van der Waals surface area contributed by atoms with Crippen LogP contribution in [0.3, 0.4) is 0 Å². The molecule has 1 saturated carbocycles. The molecule has 3 N–H and O–H groups in total.